The summed E-state index contributed by atoms with van der Waals surface area (Å²) in [7, 11) is 0. The molecule has 0 aliphatic rings. The van der Waals surface area contributed by atoms with Crippen LogP contribution in [-0.4, -0.2) is 22.8 Å². The van der Waals surface area contributed by atoms with E-state index in [2.05, 4.69) is 0 Å². The van der Waals surface area contributed by atoms with Gasteiger partial charge >= 0.3 is 0 Å². The number of rotatable bonds is 0. The summed E-state index contributed by atoms with van der Waals surface area (Å²) in [6.07, 6.45) is 0. The summed E-state index contributed by atoms with van der Waals surface area (Å²) < 4.78 is 0. The first-order chi connectivity index (χ1) is 0. The molecule has 4 heavy (non-hydrogen) atoms. The topological polar surface area (TPSA) is 31.5 Å². The van der Waals surface area contributed by atoms with Crippen LogP contribution in [0.3, 0.4) is 0 Å². The van der Waals surface area contributed by atoms with Gasteiger partial charge in [0.05, 0.1) is 0 Å². The summed E-state index contributed by atoms with van der Waals surface area (Å²) in [4.78, 5) is 0. The molecule has 22 valence electrons. The molecule has 0 saturated heterocycles. The Hall–Kier alpha value is 2.25. The summed E-state index contributed by atoms with van der Waals surface area (Å²) >= 11 is 0. The van der Waals surface area contributed by atoms with E-state index in [1.807, 2.05) is 0 Å². The van der Waals surface area contributed by atoms with Gasteiger partial charge in [-0.3, -0.25) is 0 Å². The second-order valence-electron chi connectivity index (χ2n) is 0. The van der Waals surface area contributed by atoms with E-state index in [0.717, 1.165) is 0 Å². The van der Waals surface area contributed by atoms with Gasteiger partial charge in [0, 0.05) is 52.0 Å². The Balaban J connectivity index is 0. The predicted molar refractivity (Wildman–Crippen MR) is 13.6 cm³/mol. The normalized spacial score (nSPS) is 0. The van der Waals surface area contributed by atoms with Crippen LogP contribution in [0.1, 0.15) is 0 Å². The summed E-state index contributed by atoms with van der Waals surface area (Å²) in [6.45, 7) is 0. The molecule has 0 aliphatic carbocycles. The van der Waals surface area contributed by atoms with E-state index in [4.69, 9.17) is 0 Å². The van der Waals surface area contributed by atoms with Gasteiger partial charge in [0.15, 0.2) is 17.4 Å². The zero-order valence-electron chi connectivity index (χ0n) is 1.50. The standard InChI is InChI=1S/Al.Hf.H2O.Zr.3H/h;;1H2;;;;. The van der Waals surface area contributed by atoms with Gasteiger partial charge < -0.3 is 5.48 Å². The maximum Gasteiger partial charge on any atom is 0.187 e. The van der Waals surface area contributed by atoms with E-state index in [1.54, 1.807) is 0 Å². The Morgan fingerprint density at radius 2 is 1.00 bits per heavy atom. The third kappa shape index (κ3) is 8.87. The van der Waals surface area contributed by atoms with E-state index in [1.165, 1.54) is 0 Å². The van der Waals surface area contributed by atoms with Gasteiger partial charge in [-0.05, 0) is 0 Å². The monoisotopic (exact) mass is 318 g/mol. The molecule has 0 rings (SSSR count). The molecule has 4 heteroatoms. The average molecular weight is 318 g/mol. The maximum absolute atomic E-state index is 0. The van der Waals surface area contributed by atoms with Crippen LogP contribution in [0.5, 0.6) is 0 Å². The van der Waals surface area contributed by atoms with E-state index in [-0.39, 0.29) is 74.9 Å². The van der Waals surface area contributed by atoms with Crippen molar-refractivity contribution in [1.29, 1.82) is 0 Å². The predicted octanol–water partition coefficient (Wildman–Crippen LogP) is -2.01. The molecule has 0 aromatic heterocycles. The molecular weight excluding hydrogens is 313 g/mol. The van der Waals surface area contributed by atoms with Crippen molar-refractivity contribution in [2.75, 3.05) is 0 Å². The molecule has 0 unspecified atom stereocenters. The van der Waals surface area contributed by atoms with Crippen LogP contribution in [0.2, 0.25) is 0 Å². The van der Waals surface area contributed by atoms with Crippen molar-refractivity contribution in [3.8, 4) is 0 Å². The maximum atomic E-state index is 0. The van der Waals surface area contributed by atoms with Crippen LogP contribution in [0.25, 0.3) is 0 Å². The molecule has 0 spiro atoms. The Labute approximate surface area is 73.9 Å². The molecule has 2 N–H and O–H groups in total. The van der Waals surface area contributed by atoms with Gasteiger partial charge in [-0.25, -0.2) is 0 Å². The molecule has 0 aromatic carbocycles. The van der Waals surface area contributed by atoms with Crippen molar-refractivity contribution in [3.05, 3.63) is 0 Å². The van der Waals surface area contributed by atoms with E-state index in [9.17, 15) is 0 Å². The second-order valence-corrected chi connectivity index (χ2v) is 0. The van der Waals surface area contributed by atoms with Crippen molar-refractivity contribution in [1.82, 2.24) is 0 Å². The molecule has 0 aliphatic heterocycles. The van der Waals surface area contributed by atoms with Crippen LogP contribution in [-0.2, 0) is 52.0 Å². The molecule has 0 aromatic rings. The molecule has 0 heterocycles. The molecule has 0 radical (unpaired) electrons. The van der Waals surface area contributed by atoms with Crippen molar-refractivity contribution >= 4 is 17.4 Å². The first-order valence-corrected chi connectivity index (χ1v) is 0. The minimum absolute atomic E-state index is 0. The third-order valence-electron chi connectivity index (χ3n) is 0. The zero-order chi connectivity index (χ0) is 0. The molecule has 0 atom stereocenters. The first kappa shape index (κ1) is 34.1. The van der Waals surface area contributed by atoms with Gasteiger partial charge in [0.1, 0.15) is 0 Å². The fourth-order valence-electron chi connectivity index (χ4n) is 0. The Kier molecular flexibility index (Phi) is 160. The van der Waals surface area contributed by atoms with Gasteiger partial charge in [0.25, 0.3) is 0 Å². The quantitative estimate of drug-likeness (QED) is 0.462. The SMILES string of the molecule is O.[AlH3].[Hf].[Zr]. The van der Waals surface area contributed by atoms with Gasteiger partial charge in [0.2, 0.25) is 0 Å². The fourth-order valence-corrected chi connectivity index (χ4v) is 0. The van der Waals surface area contributed by atoms with Crippen molar-refractivity contribution in [2.24, 2.45) is 0 Å². The molecule has 0 bridgehead atoms. The van der Waals surface area contributed by atoms with Crippen molar-refractivity contribution in [3.63, 3.8) is 0 Å². The van der Waals surface area contributed by atoms with Crippen molar-refractivity contribution in [2.45, 2.75) is 0 Å². The summed E-state index contributed by atoms with van der Waals surface area (Å²) in [6, 6.07) is 0. The Morgan fingerprint density at radius 1 is 1.00 bits per heavy atom. The Bertz CT molecular complexity index is 8.00. The van der Waals surface area contributed by atoms with Crippen LogP contribution >= 0.6 is 0 Å². The molecule has 0 amide bonds. The third-order valence-corrected chi connectivity index (χ3v) is 0. The van der Waals surface area contributed by atoms with Crippen LogP contribution in [0.4, 0.5) is 0 Å². The molecule has 0 saturated carbocycles. The average Bonchev–Trinajstić information content (AvgIpc) is 0. The zero-order valence-corrected chi connectivity index (χ0v) is 7.55. The fraction of sp³-hybridized carbons (Fsp3) is 0. The summed E-state index contributed by atoms with van der Waals surface area (Å²) in [5, 5.41) is 0. The summed E-state index contributed by atoms with van der Waals surface area (Å²) in [5.74, 6) is 0. The molecule has 1 nitrogen and oxygen atoms in total. The van der Waals surface area contributed by atoms with E-state index >= 15 is 0 Å². The largest absolute Gasteiger partial charge is 0.412 e. The minimum atomic E-state index is 0. The summed E-state index contributed by atoms with van der Waals surface area (Å²) in [5.41, 5.74) is 0. The second kappa shape index (κ2) is 18.7. The van der Waals surface area contributed by atoms with Gasteiger partial charge in [-0.15, -0.1) is 0 Å². The van der Waals surface area contributed by atoms with Gasteiger partial charge in [-0.2, -0.15) is 0 Å². The van der Waals surface area contributed by atoms with Gasteiger partial charge in [-0.1, -0.05) is 0 Å². The van der Waals surface area contributed by atoms with E-state index in [0.29, 0.717) is 0 Å². The first-order valence-electron chi connectivity index (χ1n) is 0. The van der Waals surface area contributed by atoms with Crippen LogP contribution in [0, 0.1) is 0 Å². The molecular formula is H5AlHfOZr. The van der Waals surface area contributed by atoms with Crippen LogP contribution in [0.15, 0.2) is 0 Å². The van der Waals surface area contributed by atoms with Crippen LogP contribution < -0.4 is 0 Å². The number of hydrogen-bond donors (Lipinski definition) is 0. The minimum Gasteiger partial charge on any atom is -0.412 e. The van der Waals surface area contributed by atoms with Crippen molar-refractivity contribution < 1.29 is 57.5 Å². The molecule has 0 fully saturated rings. The smallest absolute Gasteiger partial charge is 0.187 e. The number of hydrogen-bond acceptors (Lipinski definition) is 0. The Morgan fingerprint density at radius 3 is 1.00 bits per heavy atom. The van der Waals surface area contributed by atoms with E-state index < -0.39 is 0 Å².